The standard InChI is InChI=1S/C15H22N2O4/c1-4-12(5-2)17(8-9-21-3)14(18)11-6-7-16-13(10-11)15(19)20/h6-7,10,12H,4-5,8-9H2,1-3H3,(H,19,20). The Hall–Kier alpha value is -1.95. The molecule has 1 N–H and O–H groups in total. The number of aromatic carboxylic acids is 1. The highest BCUT2D eigenvalue weighted by Crippen LogP contribution is 2.14. The molecular weight excluding hydrogens is 272 g/mol. The van der Waals surface area contributed by atoms with Crippen molar-refractivity contribution in [1.29, 1.82) is 0 Å². The Bertz CT molecular complexity index is 486. The molecule has 0 unspecified atom stereocenters. The predicted octanol–water partition coefficient (Wildman–Crippen LogP) is 2.06. The van der Waals surface area contributed by atoms with E-state index in [1.54, 1.807) is 12.0 Å². The van der Waals surface area contributed by atoms with Crippen molar-refractivity contribution in [1.82, 2.24) is 9.88 Å². The van der Waals surface area contributed by atoms with E-state index < -0.39 is 5.97 Å². The van der Waals surface area contributed by atoms with Gasteiger partial charge in [0.1, 0.15) is 5.69 Å². The van der Waals surface area contributed by atoms with Crippen LogP contribution in [0.1, 0.15) is 47.5 Å². The maximum atomic E-state index is 12.6. The van der Waals surface area contributed by atoms with Gasteiger partial charge in [0.25, 0.3) is 5.91 Å². The molecule has 1 aromatic rings. The number of hydrogen-bond donors (Lipinski definition) is 1. The minimum Gasteiger partial charge on any atom is -0.477 e. The molecule has 0 saturated heterocycles. The van der Waals surface area contributed by atoms with Crippen LogP contribution in [-0.4, -0.2) is 53.2 Å². The first-order valence-electron chi connectivity index (χ1n) is 7.04. The summed E-state index contributed by atoms with van der Waals surface area (Å²) in [4.78, 5) is 29.1. The van der Waals surface area contributed by atoms with Crippen molar-refractivity contribution in [3.63, 3.8) is 0 Å². The molecule has 0 radical (unpaired) electrons. The number of carbonyl (C=O) groups excluding carboxylic acids is 1. The van der Waals surface area contributed by atoms with E-state index in [1.165, 1.54) is 18.3 Å². The number of pyridine rings is 1. The second-order valence-electron chi connectivity index (χ2n) is 4.70. The number of hydrogen-bond acceptors (Lipinski definition) is 4. The third-order valence-corrected chi connectivity index (χ3v) is 3.41. The van der Waals surface area contributed by atoms with Gasteiger partial charge >= 0.3 is 5.97 Å². The minimum atomic E-state index is -1.14. The summed E-state index contributed by atoms with van der Waals surface area (Å²) in [5, 5.41) is 8.97. The fraction of sp³-hybridized carbons (Fsp3) is 0.533. The lowest BCUT2D eigenvalue weighted by atomic mass is 10.1. The molecule has 1 rings (SSSR count). The number of nitrogens with zero attached hydrogens (tertiary/aromatic N) is 2. The van der Waals surface area contributed by atoms with E-state index in [4.69, 9.17) is 9.84 Å². The van der Waals surface area contributed by atoms with Crippen molar-refractivity contribution in [2.75, 3.05) is 20.3 Å². The number of carboxylic acids is 1. The van der Waals surface area contributed by atoms with E-state index in [1.807, 2.05) is 13.8 Å². The second-order valence-corrected chi connectivity index (χ2v) is 4.70. The lowest BCUT2D eigenvalue weighted by molar-refractivity contribution is 0.0589. The minimum absolute atomic E-state index is 0.106. The van der Waals surface area contributed by atoms with Gasteiger partial charge in [-0.3, -0.25) is 4.79 Å². The Morgan fingerprint density at radius 2 is 2.05 bits per heavy atom. The van der Waals surface area contributed by atoms with Crippen molar-refractivity contribution in [3.8, 4) is 0 Å². The van der Waals surface area contributed by atoms with Gasteiger partial charge in [0, 0.05) is 31.5 Å². The largest absolute Gasteiger partial charge is 0.477 e. The average molecular weight is 294 g/mol. The third kappa shape index (κ3) is 4.53. The van der Waals surface area contributed by atoms with Gasteiger partial charge in [-0.2, -0.15) is 0 Å². The molecule has 116 valence electrons. The Balaban J connectivity index is 3.03. The Morgan fingerprint density at radius 3 is 2.57 bits per heavy atom. The van der Waals surface area contributed by atoms with Crippen LogP contribution in [0.5, 0.6) is 0 Å². The Kier molecular flexibility index (Phi) is 6.81. The predicted molar refractivity (Wildman–Crippen MR) is 78.5 cm³/mol. The first-order valence-corrected chi connectivity index (χ1v) is 7.04. The number of methoxy groups -OCH3 is 1. The molecule has 0 aliphatic heterocycles. The van der Waals surface area contributed by atoms with Crippen LogP contribution in [0.2, 0.25) is 0 Å². The Morgan fingerprint density at radius 1 is 1.38 bits per heavy atom. The molecule has 0 spiro atoms. The monoisotopic (exact) mass is 294 g/mol. The van der Waals surface area contributed by atoms with Gasteiger partial charge in [-0.1, -0.05) is 13.8 Å². The van der Waals surface area contributed by atoms with E-state index in [2.05, 4.69) is 4.98 Å². The van der Waals surface area contributed by atoms with Crippen LogP contribution in [0.15, 0.2) is 18.3 Å². The van der Waals surface area contributed by atoms with E-state index >= 15 is 0 Å². The molecule has 1 heterocycles. The van der Waals surface area contributed by atoms with Crippen molar-refractivity contribution in [3.05, 3.63) is 29.6 Å². The highest BCUT2D eigenvalue weighted by molar-refractivity contribution is 5.96. The summed E-state index contributed by atoms with van der Waals surface area (Å²) in [7, 11) is 1.59. The first-order chi connectivity index (χ1) is 10.0. The van der Waals surface area contributed by atoms with Gasteiger partial charge in [-0.25, -0.2) is 9.78 Å². The number of aromatic nitrogens is 1. The van der Waals surface area contributed by atoms with Gasteiger partial charge < -0.3 is 14.7 Å². The highest BCUT2D eigenvalue weighted by atomic mass is 16.5. The van der Waals surface area contributed by atoms with Crippen LogP contribution in [0.3, 0.4) is 0 Å². The molecule has 0 saturated carbocycles. The van der Waals surface area contributed by atoms with Crippen LogP contribution in [0, 0.1) is 0 Å². The summed E-state index contributed by atoms with van der Waals surface area (Å²) in [6.07, 6.45) is 3.02. The van der Waals surface area contributed by atoms with E-state index in [0.29, 0.717) is 18.7 Å². The van der Waals surface area contributed by atoms with Crippen LogP contribution in [-0.2, 0) is 4.74 Å². The molecule has 0 atom stereocenters. The maximum absolute atomic E-state index is 12.6. The zero-order valence-electron chi connectivity index (χ0n) is 12.7. The summed E-state index contributed by atoms with van der Waals surface area (Å²) >= 11 is 0. The van der Waals surface area contributed by atoms with Gasteiger partial charge in [-0.15, -0.1) is 0 Å². The fourth-order valence-corrected chi connectivity index (χ4v) is 2.22. The molecule has 0 fully saturated rings. The lowest BCUT2D eigenvalue weighted by Crippen LogP contribution is -2.41. The highest BCUT2D eigenvalue weighted by Gasteiger charge is 2.23. The maximum Gasteiger partial charge on any atom is 0.354 e. The normalized spacial score (nSPS) is 10.7. The molecule has 0 aliphatic rings. The molecule has 1 aromatic heterocycles. The van der Waals surface area contributed by atoms with Gasteiger partial charge in [0.15, 0.2) is 0 Å². The Labute approximate surface area is 124 Å². The summed E-state index contributed by atoms with van der Waals surface area (Å²) in [6.45, 7) is 4.97. The molecule has 6 heteroatoms. The van der Waals surface area contributed by atoms with Crippen LogP contribution in [0.25, 0.3) is 0 Å². The number of carbonyl (C=O) groups is 2. The summed E-state index contributed by atoms with van der Waals surface area (Å²) < 4.78 is 5.06. The molecule has 0 aliphatic carbocycles. The van der Waals surface area contributed by atoms with Gasteiger partial charge in [0.05, 0.1) is 6.61 Å². The van der Waals surface area contributed by atoms with Crippen LogP contribution >= 0.6 is 0 Å². The van der Waals surface area contributed by atoms with E-state index in [-0.39, 0.29) is 17.6 Å². The van der Waals surface area contributed by atoms with Crippen LogP contribution < -0.4 is 0 Å². The van der Waals surface area contributed by atoms with Crippen molar-refractivity contribution in [2.24, 2.45) is 0 Å². The first kappa shape index (κ1) is 17.1. The van der Waals surface area contributed by atoms with Crippen molar-refractivity contribution >= 4 is 11.9 Å². The quantitative estimate of drug-likeness (QED) is 0.793. The number of amides is 1. The third-order valence-electron chi connectivity index (χ3n) is 3.41. The van der Waals surface area contributed by atoms with Crippen molar-refractivity contribution < 1.29 is 19.4 Å². The average Bonchev–Trinajstić information content (AvgIpc) is 2.51. The summed E-state index contributed by atoms with van der Waals surface area (Å²) in [5.41, 5.74) is 0.211. The number of ether oxygens (including phenoxy) is 1. The fourth-order valence-electron chi connectivity index (χ4n) is 2.22. The molecule has 0 aromatic carbocycles. The zero-order valence-corrected chi connectivity index (χ0v) is 12.7. The zero-order chi connectivity index (χ0) is 15.8. The van der Waals surface area contributed by atoms with Gasteiger partial charge in [-0.05, 0) is 25.0 Å². The van der Waals surface area contributed by atoms with Crippen molar-refractivity contribution in [2.45, 2.75) is 32.7 Å². The molecule has 6 nitrogen and oxygen atoms in total. The SMILES string of the molecule is CCC(CC)N(CCOC)C(=O)c1ccnc(C(=O)O)c1. The van der Waals surface area contributed by atoms with E-state index in [0.717, 1.165) is 12.8 Å². The van der Waals surface area contributed by atoms with Gasteiger partial charge in [0.2, 0.25) is 0 Å². The summed E-state index contributed by atoms with van der Waals surface area (Å²) in [6, 6.07) is 2.96. The number of rotatable bonds is 8. The topological polar surface area (TPSA) is 79.7 Å². The second kappa shape index (κ2) is 8.36. The molecule has 21 heavy (non-hydrogen) atoms. The lowest BCUT2D eigenvalue weighted by Gasteiger charge is -2.30. The molecular formula is C15H22N2O4. The number of carboxylic acid groups (broad SMARTS) is 1. The van der Waals surface area contributed by atoms with E-state index in [9.17, 15) is 9.59 Å². The summed E-state index contributed by atoms with van der Waals surface area (Å²) in [5.74, 6) is -1.33. The molecule has 0 bridgehead atoms. The smallest absolute Gasteiger partial charge is 0.354 e. The molecule has 1 amide bonds. The van der Waals surface area contributed by atoms with Crippen LogP contribution in [0.4, 0.5) is 0 Å².